The number of aromatic hydroxyl groups is 1. The molecule has 0 radical (unpaired) electrons. The highest BCUT2D eigenvalue weighted by molar-refractivity contribution is 7.98. The van der Waals surface area contributed by atoms with Gasteiger partial charge in [-0.05, 0) is 64.5 Å². The lowest BCUT2D eigenvalue weighted by Gasteiger charge is -2.34. The van der Waals surface area contributed by atoms with Gasteiger partial charge >= 0.3 is 6.09 Å². The lowest BCUT2D eigenvalue weighted by Crippen LogP contribution is -2.54. The Labute approximate surface area is 224 Å². The maximum Gasteiger partial charge on any atom is 0.408 e. The zero-order chi connectivity index (χ0) is 27.6. The minimum Gasteiger partial charge on any atom is -0.507 e. The molecule has 3 N–H and O–H groups in total. The zero-order valence-corrected chi connectivity index (χ0v) is 23.3. The minimum absolute atomic E-state index is 0.0399. The van der Waals surface area contributed by atoms with E-state index in [0.29, 0.717) is 11.3 Å². The Morgan fingerprint density at radius 1 is 1.24 bits per heavy atom. The van der Waals surface area contributed by atoms with Crippen LogP contribution in [-0.2, 0) is 14.3 Å². The molecule has 10 heteroatoms. The molecule has 1 aliphatic carbocycles. The number of benzene rings is 1. The standard InChI is InChI=1S/C27H40N4O5S/c1-18-10-9-13-20(23(18)32)22(24(33)29-19-11-7-6-8-12-19)31(16-15-28)25(34)21(14-17-37-5)30-26(35)36-27(2,3)4/h9-10,13,19,21-22,32H,6-8,11-12,14,16-17H2,1-5H3,(H,29,33)(H,30,35). The van der Waals surface area contributed by atoms with Crippen LogP contribution in [0.1, 0.15) is 76.5 Å². The Hall–Kier alpha value is -2.93. The van der Waals surface area contributed by atoms with Crippen molar-refractivity contribution in [2.24, 2.45) is 0 Å². The summed E-state index contributed by atoms with van der Waals surface area (Å²) in [7, 11) is 0. The summed E-state index contributed by atoms with van der Waals surface area (Å²) in [6, 6.07) is 4.67. The second kappa shape index (κ2) is 14.1. The first-order chi connectivity index (χ1) is 17.5. The first-order valence-corrected chi connectivity index (χ1v) is 14.1. The molecule has 37 heavy (non-hydrogen) atoms. The van der Waals surface area contributed by atoms with Gasteiger partial charge in [0, 0.05) is 11.6 Å². The molecule has 3 amide bonds. The van der Waals surface area contributed by atoms with Crippen molar-refractivity contribution in [3.63, 3.8) is 0 Å². The smallest absolute Gasteiger partial charge is 0.408 e. The number of nitrogens with one attached hydrogen (secondary N) is 2. The lowest BCUT2D eigenvalue weighted by atomic mass is 9.94. The fourth-order valence-electron chi connectivity index (χ4n) is 4.40. The van der Waals surface area contributed by atoms with Crippen LogP contribution in [-0.4, -0.2) is 64.2 Å². The first-order valence-electron chi connectivity index (χ1n) is 12.7. The molecule has 9 nitrogen and oxygen atoms in total. The van der Waals surface area contributed by atoms with Crippen LogP contribution in [0.25, 0.3) is 0 Å². The third-order valence-electron chi connectivity index (χ3n) is 6.20. The highest BCUT2D eigenvalue weighted by atomic mass is 32.2. The topological polar surface area (TPSA) is 132 Å². The van der Waals surface area contributed by atoms with Gasteiger partial charge in [0.1, 0.15) is 30.0 Å². The van der Waals surface area contributed by atoms with Crippen LogP contribution >= 0.6 is 11.8 Å². The van der Waals surface area contributed by atoms with Gasteiger partial charge < -0.3 is 25.4 Å². The minimum atomic E-state index is -1.24. The lowest BCUT2D eigenvalue weighted by molar-refractivity contribution is -0.142. The van der Waals surface area contributed by atoms with Gasteiger partial charge in [-0.3, -0.25) is 9.59 Å². The van der Waals surface area contributed by atoms with Crippen molar-refractivity contribution < 1.29 is 24.2 Å². The first kappa shape index (κ1) is 30.3. The average Bonchev–Trinajstić information content (AvgIpc) is 2.83. The molecule has 1 aromatic carbocycles. The van der Waals surface area contributed by atoms with Crippen LogP contribution in [0.15, 0.2) is 18.2 Å². The van der Waals surface area contributed by atoms with Gasteiger partial charge in [-0.2, -0.15) is 17.0 Å². The molecular weight excluding hydrogens is 492 g/mol. The molecule has 0 heterocycles. The summed E-state index contributed by atoms with van der Waals surface area (Å²) >= 11 is 1.50. The van der Waals surface area contributed by atoms with Crippen molar-refractivity contribution >= 4 is 29.7 Å². The molecule has 1 aliphatic rings. The summed E-state index contributed by atoms with van der Waals surface area (Å²) < 4.78 is 5.35. The van der Waals surface area contributed by atoms with Gasteiger partial charge in [0.05, 0.1) is 6.07 Å². The van der Waals surface area contributed by atoms with Gasteiger partial charge in [0.15, 0.2) is 0 Å². The van der Waals surface area contributed by atoms with E-state index in [4.69, 9.17) is 4.74 Å². The van der Waals surface area contributed by atoms with Crippen molar-refractivity contribution in [3.8, 4) is 11.8 Å². The summed E-state index contributed by atoms with van der Waals surface area (Å²) in [5.74, 6) is -0.604. The predicted molar refractivity (Wildman–Crippen MR) is 144 cm³/mol. The number of amides is 3. The number of hydrogen-bond donors (Lipinski definition) is 3. The monoisotopic (exact) mass is 532 g/mol. The van der Waals surface area contributed by atoms with E-state index in [2.05, 4.69) is 10.6 Å². The van der Waals surface area contributed by atoms with Crippen LogP contribution in [0, 0.1) is 18.3 Å². The normalized spacial score (nSPS) is 15.7. The molecule has 2 unspecified atom stereocenters. The number of nitrogens with zero attached hydrogens (tertiary/aromatic N) is 2. The fraction of sp³-hybridized carbons (Fsp3) is 0.630. The Bertz CT molecular complexity index is 982. The number of carbonyl (C=O) groups is 3. The number of phenolic OH excluding ortho intramolecular Hbond substituents is 1. The number of thioether (sulfide) groups is 1. The fourth-order valence-corrected chi connectivity index (χ4v) is 4.87. The van der Waals surface area contributed by atoms with E-state index in [1.807, 2.05) is 12.3 Å². The second-order valence-corrected chi connectivity index (χ2v) is 11.3. The predicted octanol–water partition coefficient (Wildman–Crippen LogP) is 4.19. The third kappa shape index (κ3) is 9.15. The Balaban J connectivity index is 2.47. The number of ether oxygens (including phenoxy) is 1. The van der Waals surface area contributed by atoms with E-state index in [1.54, 1.807) is 45.9 Å². The second-order valence-electron chi connectivity index (χ2n) is 10.4. The maximum absolute atomic E-state index is 13.9. The molecule has 0 spiro atoms. The number of carbonyl (C=O) groups excluding carboxylic acids is 3. The van der Waals surface area contributed by atoms with Crippen molar-refractivity contribution in [3.05, 3.63) is 29.3 Å². The molecule has 2 rings (SSSR count). The largest absolute Gasteiger partial charge is 0.507 e. The maximum atomic E-state index is 13.9. The molecule has 0 aliphatic heterocycles. The molecule has 0 saturated heterocycles. The molecule has 0 aromatic heterocycles. The van der Waals surface area contributed by atoms with E-state index in [9.17, 15) is 24.8 Å². The van der Waals surface area contributed by atoms with E-state index < -0.39 is 42.1 Å². The summed E-state index contributed by atoms with van der Waals surface area (Å²) in [5.41, 5.74) is 0.0141. The zero-order valence-electron chi connectivity index (χ0n) is 22.5. The summed E-state index contributed by atoms with van der Waals surface area (Å²) in [4.78, 5) is 41.3. The van der Waals surface area contributed by atoms with E-state index in [1.165, 1.54) is 11.8 Å². The van der Waals surface area contributed by atoms with Gasteiger partial charge in [-0.15, -0.1) is 0 Å². The molecule has 204 valence electrons. The van der Waals surface area contributed by atoms with Crippen molar-refractivity contribution in [1.29, 1.82) is 5.26 Å². The van der Waals surface area contributed by atoms with Crippen LogP contribution < -0.4 is 10.6 Å². The average molecular weight is 533 g/mol. The number of hydrogen-bond acceptors (Lipinski definition) is 7. The van der Waals surface area contributed by atoms with Gasteiger partial charge in [0.25, 0.3) is 0 Å². The highest BCUT2D eigenvalue weighted by Crippen LogP contribution is 2.33. The molecule has 1 aromatic rings. The van der Waals surface area contributed by atoms with Crippen LogP contribution in [0.3, 0.4) is 0 Å². The molecule has 1 saturated carbocycles. The number of para-hydroxylation sites is 1. The van der Waals surface area contributed by atoms with Crippen molar-refractivity contribution in [2.45, 2.75) is 89.9 Å². The Morgan fingerprint density at radius 2 is 1.92 bits per heavy atom. The number of alkyl carbamates (subject to hydrolysis) is 1. The Morgan fingerprint density at radius 3 is 2.51 bits per heavy atom. The molecular formula is C27H40N4O5S. The van der Waals surface area contributed by atoms with Gasteiger partial charge in [-0.25, -0.2) is 4.79 Å². The SMILES string of the molecule is CSCCC(NC(=O)OC(C)(C)C)C(=O)N(CC#N)C(C(=O)NC1CCCCC1)c1cccc(C)c1O. The molecule has 2 atom stereocenters. The number of rotatable bonds is 10. The van der Waals surface area contributed by atoms with Gasteiger partial charge in [-0.1, -0.05) is 37.5 Å². The number of aryl methyl sites for hydroxylation is 1. The third-order valence-corrected chi connectivity index (χ3v) is 6.84. The van der Waals surface area contributed by atoms with E-state index >= 15 is 0 Å². The number of phenols is 1. The number of nitriles is 1. The highest BCUT2D eigenvalue weighted by Gasteiger charge is 2.38. The summed E-state index contributed by atoms with van der Waals surface area (Å²) in [6.07, 6.45) is 6.19. The quantitative estimate of drug-likeness (QED) is 0.385. The van der Waals surface area contributed by atoms with E-state index in [-0.39, 0.29) is 23.8 Å². The van der Waals surface area contributed by atoms with Crippen molar-refractivity contribution in [1.82, 2.24) is 15.5 Å². The summed E-state index contributed by atoms with van der Waals surface area (Å²) in [5, 5.41) is 26.2. The summed E-state index contributed by atoms with van der Waals surface area (Å²) in [6.45, 7) is 6.47. The molecule has 0 bridgehead atoms. The van der Waals surface area contributed by atoms with Crippen molar-refractivity contribution in [2.75, 3.05) is 18.6 Å². The van der Waals surface area contributed by atoms with Crippen LogP contribution in [0.2, 0.25) is 0 Å². The van der Waals surface area contributed by atoms with E-state index in [0.717, 1.165) is 37.0 Å². The van der Waals surface area contributed by atoms with Gasteiger partial charge in [0.2, 0.25) is 11.8 Å². The van der Waals surface area contributed by atoms with Crippen LogP contribution in [0.5, 0.6) is 5.75 Å². The molecule has 1 fully saturated rings. The Kier molecular flexibility index (Phi) is 11.6. The van der Waals surface area contributed by atoms with Crippen LogP contribution in [0.4, 0.5) is 4.79 Å².